The lowest BCUT2D eigenvalue weighted by atomic mass is 10.0. The molecule has 9 heteroatoms. The van der Waals surface area contributed by atoms with Crippen LogP contribution in [-0.4, -0.2) is 36.5 Å². The van der Waals surface area contributed by atoms with E-state index in [1.807, 2.05) is 39.8 Å². The Morgan fingerprint density at radius 3 is 2.53 bits per heavy atom. The second-order valence-electron chi connectivity index (χ2n) is 8.70. The first kappa shape index (κ1) is 23.2. The zero-order valence-corrected chi connectivity index (χ0v) is 19.9. The summed E-state index contributed by atoms with van der Waals surface area (Å²) in [5, 5.41) is 7.44. The first-order valence-corrected chi connectivity index (χ1v) is 11.2. The Balaban J connectivity index is 1.86. The van der Waals surface area contributed by atoms with E-state index in [9.17, 15) is 19.2 Å². The van der Waals surface area contributed by atoms with E-state index < -0.39 is 5.69 Å². The van der Waals surface area contributed by atoms with Crippen LogP contribution in [0.3, 0.4) is 0 Å². The molecule has 0 radical (unpaired) electrons. The molecule has 0 fully saturated rings. The van der Waals surface area contributed by atoms with E-state index in [0.29, 0.717) is 11.1 Å². The second kappa shape index (κ2) is 8.74. The molecule has 0 aliphatic rings. The molecular weight excluding hydrogens is 434 g/mol. The molecule has 34 heavy (non-hydrogen) atoms. The number of nitrogens with one attached hydrogen (secondary N) is 1. The molecule has 4 aromatic rings. The smallest absolute Gasteiger partial charge is 0.350 e. The molecule has 2 aromatic heterocycles. The number of aryl methyl sites for hydroxylation is 3. The number of rotatable bonds is 6. The number of carbonyl (C=O) groups excluding carboxylic acids is 2. The Hall–Kier alpha value is -4.01. The molecule has 0 saturated heterocycles. The number of fused-ring (bicyclic) bond motifs is 3. The highest BCUT2D eigenvalue weighted by molar-refractivity contribution is 5.98. The highest BCUT2D eigenvalue weighted by atomic mass is 16.2. The molecule has 0 aliphatic carbocycles. The van der Waals surface area contributed by atoms with Crippen molar-refractivity contribution in [3.63, 3.8) is 0 Å². The maximum atomic E-state index is 13.3. The first-order chi connectivity index (χ1) is 16.1. The van der Waals surface area contributed by atoms with Gasteiger partial charge in [-0.2, -0.15) is 0 Å². The van der Waals surface area contributed by atoms with E-state index in [1.54, 1.807) is 12.1 Å². The first-order valence-electron chi connectivity index (χ1n) is 11.2. The number of nitrogens with zero attached hydrogens (tertiary/aromatic N) is 4. The van der Waals surface area contributed by atoms with Gasteiger partial charge in [0.15, 0.2) is 5.78 Å². The molecule has 1 N–H and O–H groups in total. The van der Waals surface area contributed by atoms with Gasteiger partial charge in [0.05, 0.1) is 10.9 Å². The molecule has 0 bridgehead atoms. The third kappa shape index (κ3) is 3.93. The predicted molar refractivity (Wildman–Crippen MR) is 130 cm³/mol. The van der Waals surface area contributed by atoms with Gasteiger partial charge in [-0.25, -0.2) is 13.9 Å². The molecule has 2 heterocycles. The van der Waals surface area contributed by atoms with Crippen LogP contribution in [0.2, 0.25) is 0 Å². The van der Waals surface area contributed by atoms with Gasteiger partial charge in [0.1, 0.15) is 6.54 Å². The van der Waals surface area contributed by atoms with Gasteiger partial charge in [0.25, 0.3) is 11.5 Å². The largest absolute Gasteiger partial charge is 0.352 e. The van der Waals surface area contributed by atoms with E-state index in [0.717, 1.165) is 22.2 Å². The topological polar surface area (TPSA) is 107 Å². The minimum Gasteiger partial charge on any atom is -0.350 e. The Labute approximate surface area is 195 Å². The molecule has 2 aromatic carbocycles. The van der Waals surface area contributed by atoms with Gasteiger partial charge in [0, 0.05) is 24.2 Å². The third-order valence-corrected chi connectivity index (χ3v) is 6.13. The Morgan fingerprint density at radius 1 is 1.09 bits per heavy atom. The van der Waals surface area contributed by atoms with Crippen molar-refractivity contribution in [3.05, 3.63) is 79.5 Å². The van der Waals surface area contributed by atoms with Crippen LogP contribution in [0.1, 0.15) is 52.1 Å². The van der Waals surface area contributed by atoms with Crippen LogP contribution in [0.15, 0.2) is 46.0 Å². The van der Waals surface area contributed by atoms with Crippen LogP contribution >= 0.6 is 0 Å². The molecule has 4 rings (SSSR count). The molecular formula is C25H27N5O4. The molecule has 0 aliphatic heterocycles. The third-order valence-electron chi connectivity index (χ3n) is 6.13. The van der Waals surface area contributed by atoms with Crippen molar-refractivity contribution in [1.29, 1.82) is 0 Å². The van der Waals surface area contributed by atoms with E-state index in [4.69, 9.17) is 0 Å². The van der Waals surface area contributed by atoms with Gasteiger partial charge >= 0.3 is 5.69 Å². The maximum absolute atomic E-state index is 13.3. The summed E-state index contributed by atoms with van der Waals surface area (Å²) in [6, 6.07) is 10.2. The highest BCUT2D eigenvalue weighted by Gasteiger charge is 2.20. The summed E-state index contributed by atoms with van der Waals surface area (Å²) in [5.74, 6) is -0.457. The molecule has 0 saturated carbocycles. The minimum atomic E-state index is -0.561. The zero-order valence-electron chi connectivity index (χ0n) is 19.9. The fourth-order valence-electron chi connectivity index (χ4n) is 3.90. The number of aromatic nitrogens is 4. The standard InChI is InChI=1S/C25H27N5O4/c1-6-16(4)26-22(32)17-9-10-18-20(12-17)30-24(28(5)23(18)33)27-29(25(30)34)13-21(31)19-11-14(2)7-8-15(19)3/h7-12,16H,6,13H2,1-5H3,(H,26,32). The van der Waals surface area contributed by atoms with Gasteiger partial charge < -0.3 is 5.32 Å². The minimum absolute atomic E-state index is 0.0200. The van der Waals surface area contributed by atoms with Crippen LogP contribution in [-0.2, 0) is 13.6 Å². The number of ketones is 1. The lowest BCUT2D eigenvalue weighted by Gasteiger charge is -2.12. The SMILES string of the molecule is CCC(C)NC(=O)c1ccc2c(=O)n(C)c3nn(CC(=O)c4cc(C)ccc4C)c(=O)n3c2c1. The predicted octanol–water partition coefficient (Wildman–Crippen LogP) is 2.38. The van der Waals surface area contributed by atoms with E-state index in [1.165, 1.54) is 28.1 Å². The van der Waals surface area contributed by atoms with E-state index in [2.05, 4.69) is 10.4 Å². The molecule has 1 amide bonds. The normalized spacial score (nSPS) is 12.3. The number of amides is 1. The number of Topliss-reactive ketones (excluding diaryl/α,β-unsaturated/α-hetero) is 1. The van der Waals surface area contributed by atoms with E-state index >= 15 is 0 Å². The van der Waals surface area contributed by atoms with Crippen molar-refractivity contribution in [1.82, 2.24) is 24.1 Å². The van der Waals surface area contributed by atoms with E-state index in [-0.39, 0.29) is 46.5 Å². The number of hydrogen-bond donors (Lipinski definition) is 1. The fourth-order valence-corrected chi connectivity index (χ4v) is 3.90. The van der Waals surface area contributed by atoms with Crippen LogP contribution in [0.5, 0.6) is 0 Å². The number of carbonyl (C=O) groups is 2. The summed E-state index contributed by atoms with van der Waals surface area (Å²) in [4.78, 5) is 51.9. The lowest BCUT2D eigenvalue weighted by molar-refractivity contribution is 0.0937. The lowest BCUT2D eigenvalue weighted by Crippen LogP contribution is -2.32. The molecule has 0 spiro atoms. The highest BCUT2D eigenvalue weighted by Crippen LogP contribution is 2.15. The Bertz CT molecular complexity index is 1570. The number of hydrogen-bond acceptors (Lipinski definition) is 5. The fraction of sp³-hybridized carbons (Fsp3) is 0.320. The summed E-state index contributed by atoms with van der Waals surface area (Å²) in [7, 11) is 1.52. The van der Waals surface area contributed by atoms with Crippen molar-refractivity contribution in [2.75, 3.05) is 0 Å². The summed E-state index contributed by atoms with van der Waals surface area (Å²) < 4.78 is 3.60. The van der Waals surface area contributed by atoms with Crippen molar-refractivity contribution in [3.8, 4) is 0 Å². The van der Waals surface area contributed by atoms with Gasteiger partial charge in [-0.3, -0.25) is 19.0 Å². The molecule has 9 nitrogen and oxygen atoms in total. The number of benzene rings is 2. The zero-order chi connectivity index (χ0) is 24.7. The van der Waals surface area contributed by atoms with Crippen LogP contribution < -0.4 is 16.6 Å². The van der Waals surface area contributed by atoms with Gasteiger partial charge in [-0.15, -0.1) is 5.10 Å². The van der Waals surface area contributed by atoms with Gasteiger partial charge in [-0.1, -0.05) is 24.6 Å². The molecule has 176 valence electrons. The van der Waals surface area contributed by atoms with Crippen LogP contribution in [0.25, 0.3) is 16.7 Å². The van der Waals surface area contributed by atoms with Gasteiger partial charge in [-0.05, 0) is 57.0 Å². The summed E-state index contributed by atoms with van der Waals surface area (Å²) in [6.07, 6.45) is 0.769. The van der Waals surface area contributed by atoms with Crippen LogP contribution in [0.4, 0.5) is 0 Å². The summed E-state index contributed by atoms with van der Waals surface area (Å²) in [5.41, 5.74) is 1.95. The van der Waals surface area contributed by atoms with Crippen LogP contribution in [0, 0.1) is 13.8 Å². The molecule has 1 unspecified atom stereocenters. The Morgan fingerprint density at radius 2 is 1.82 bits per heavy atom. The van der Waals surface area contributed by atoms with Crippen molar-refractivity contribution < 1.29 is 9.59 Å². The average molecular weight is 462 g/mol. The summed E-state index contributed by atoms with van der Waals surface area (Å²) >= 11 is 0. The Kier molecular flexibility index (Phi) is 5.95. The summed E-state index contributed by atoms with van der Waals surface area (Å²) in [6.45, 7) is 7.32. The van der Waals surface area contributed by atoms with Gasteiger partial charge in [0.2, 0.25) is 5.78 Å². The van der Waals surface area contributed by atoms with Crippen molar-refractivity contribution in [2.24, 2.45) is 7.05 Å². The quantitative estimate of drug-likeness (QED) is 0.444. The van der Waals surface area contributed by atoms with Crippen molar-refractivity contribution >= 4 is 28.4 Å². The monoisotopic (exact) mass is 461 g/mol. The average Bonchev–Trinajstić information content (AvgIpc) is 3.14. The molecule has 1 atom stereocenters. The maximum Gasteiger partial charge on any atom is 0.352 e. The van der Waals surface area contributed by atoms with Crippen molar-refractivity contribution in [2.45, 2.75) is 46.7 Å². The second-order valence-corrected chi connectivity index (χ2v) is 8.70.